The lowest BCUT2D eigenvalue weighted by molar-refractivity contribution is 0.412. The number of aryl methyl sites for hydroxylation is 1. The van der Waals surface area contributed by atoms with Gasteiger partial charge in [0.2, 0.25) is 5.96 Å². The summed E-state index contributed by atoms with van der Waals surface area (Å²) in [6, 6.07) is 3.85. The van der Waals surface area contributed by atoms with E-state index in [4.69, 9.17) is 27.8 Å². The monoisotopic (exact) mass is 315 g/mol. The second-order valence-electron chi connectivity index (χ2n) is 3.99. The summed E-state index contributed by atoms with van der Waals surface area (Å²) in [4.78, 5) is 3.06. The topological polar surface area (TPSA) is 102 Å². The Labute approximate surface area is 127 Å². The number of guanidine groups is 1. The number of nitrogens with zero attached hydrogens (tertiary/aromatic N) is 2. The minimum absolute atomic E-state index is 0. The summed E-state index contributed by atoms with van der Waals surface area (Å²) < 4.78 is 5.29. The number of methoxy groups -OCH3 is 1. The van der Waals surface area contributed by atoms with E-state index < -0.39 is 0 Å². The molecule has 5 N–H and O–H groups in total. The zero-order chi connectivity index (χ0) is 14.0. The molecule has 0 fully saturated rings. The summed E-state index contributed by atoms with van der Waals surface area (Å²) in [5, 5.41) is 8.68. The summed E-state index contributed by atoms with van der Waals surface area (Å²) in [6.45, 7) is 1.96. The van der Waals surface area contributed by atoms with Crippen molar-refractivity contribution in [3.05, 3.63) is 28.4 Å². The molecule has 0 aliphatic heterocycles. The number of rotatable bonds is 3. The number of halogens is 2. The second-order valence-corrected chi connectivity index (χ2v) is 4.37. The standard InChI is InChI=1S/C12H14ClN5O.ClH/c1-6-3-9-7(4-10(6)19-2)8(11(13)17-9)5-16-18-12(14)15;/h3-5,17H,1-2H3,(H4,14,15,18);1H/b16-5+;. The molecule has 0 amide bonds. The first kappa shape index (κ1) is 16.1. The van der Waals surface area contributed by atoms with Crippen LogP contribution in [-0.4, -0.2) is 24.3 Å². The van der Waals surface area contributed by atoms with Gasteiger partial charge in [0.1, 0.15) is 10.9 Å². The summed E-state index contributed by atoms with van der Waals surface area (Å²) in [5.41, 5.74) is 13.0. The fourth-order valence-electron chi connectivity index (χ4n) is 1.82. The Kier molecular flexibility index (Phi) is 5.24. The van der Waals surface area contributed by atoms with Crippen LogP contribution >= 0.6 is 24.0 Å². The van der Waals surface area contributed by atoms with Gasteiger partial charge in [-0.1, -0.05) is 11.6 Å². The lowest BCUT2D eigenvalue weighted by Gasteiger charge is -2.04. The summed E-state index contributed by atoms with van der Waals surface area (Å²) in [6.07, 6.45) is 1.50. The summed E-state index contributed by atoms with van der Waals surface area (Å²) >= 11 is 6.13. The van der Waals surface area contributed by atoms with Crippen molar-refractivity contribution in [1.82, 2.24) is 4.98 Å². The first-order valence-electron chi connectivity index (χ1n) is 5.50. The number of nitrogens with two attached hydrogens (primary N) is 2. The number of H-pyrrole nitrogens is 1. The van der Waals surface area contributed by atoms with Gasteiger partial charge in [-0.2, -0.15) is 5.10 Å². The first-order valence-corrected chi connectivity index (χ1v) is 5.88. The van der Waals surface area contributed by atoms with E-state index >= 15 is 0 Å². The van der Waals surface area contributed by atoms with E-state index in [0.29, 0.717) is 10.7 Å². The highest BCUT2D eigenvalue weighted by Gasteiger charge is 2.11. The van der Waals surface area contributed by atoms with Crippen molar-refractivity contribution in [2.75, 3.05) is 7.11 Å². The predicted molar refractivity (Wildman–Crippen MR) is 85.2 cm³/mol. The van der Waals surface area contributed by atoms with Crippen LogP contribution < -0.4 is 16.2 Å². The van der Waals surface area contributed by atoms with E-state index in [2.05, 4.69) is 15.2 Å². The average Bonchev–Trinajstić information content (AvgIpc) is 2.63. The Morgan fingerprint density at radius 1 is 1.40 bits per heavy atom. The third-order valence-corrected chi connectivity index (χ3v) is 2.96. The van der Waals surface area contributed by atoms with Crippen molar-refractivity contribution in [2.24, 2.45) is 21.7 Å². The van der Waals surface area contributed by atoms with Crippen molar-refractivity contribution in [3.8, 4) is 5.75 Å². The fourth-order valence-corrected chi connectivity index (χ4v) is 2.07. The number of ether oxygens (including phenoxy) is 1. The number of hydrogen-bond acceptors (Lipinski definition) is 3. The zero-order valence-corrected chi connectivity index (χ0v) is 12.5. The summed E-state index contributed by atoms with van der Waals surface area (Å²) in [5.74, 6) is 0.667. The van der Waals surface area contributed by atoms with Crippen molar-refractivity contribution in [2.45, 2.75) is 6.92 Å². The number of aromatic nitrogens is 1. The molecule has 6 nitrogen and oxygen atoms in total. The Hall–Kier alpha value is -1.92. The third kappa shape index (κ3) is 3.15. The van der Waals surface area contributed by atoms with E-state index in [9.17, 15) is 0 Å². The molecule has 108 valence electrons. The molecule has 2 rings (SSSR count). The molecule has 1 heterocycles. The molecule has 0 spiro atoms. The molecule has 0 bridgehead atoms. The van der Waals surface area contributed by atoms with Gasteiger partial charge in [-0.05, 0) is 24.6 Å². The Balaban J connectivity index is 0.00000200. The normalized spacial score (nSPS) is 10.6. The van der Waals surface area contributed by atoms with Crippen molar-refractivity contribution in [1.29, 1.82) is 0 Å². The van der Waals surface area contributed by atoms with Gasteiger partial charge in [0.25, 0.3) is 0 Å². The van der Waals surface area contributed by atoms with E-state index in [1.165, 1.54) is 6.21 Å². The van der Waals surface area contributed by atoms with Gasteiger partial charge < -0.3 is 21.2 Å². The van der Waals surface area contributed by atoms with Gasteiger partial charge in [0.15, 0.2) is 0 Å². The SMILES string of the molecule is COc1cc2c(/C=N/N=C(N)N)c(Cl)[nH]c2cc1C.Cl. The molecule has 1 aromatic carbocycles. The quantitative estimate of drug-likeness (QED) is 0.459. The van der Waals surface area contributed by atoms with Crippen LogP contribution in [0, 0.1) is 6.92 Å². The average molecular weight is 316 g/mol. The minimum atomic E-state index is -0.111. The van der Waals surface area contributed by atoms with E-state index in [1.54, 1.807) is 7.11 Å². The van der Waals surface area contributed by atoms with Gasteiger partial charge >= 0.3 is 0 Å². The number of hydrogen-bond donors (Lipinski definition) is 3. The lowest BCUT2D eigenvalue weighted by Crippen LogP contribution is -2.21. The molecular weight excluding hydrogens is 301 g/mol. The Morgan fingerprint density at radius 3 is 2.70 bits per heavy atom. The molecule has 0 aliphatic rings. The summed E-state index contributed by atoms with van der Waals surface area (Å²) in [7, 11) is 1.62. The van der Waals surface area contributed by atoms with Gasteiger partial charge in [-0.3, -0.25) is 0 Å². The van der Waals surface area contributed by atoms with Gasteiger partial charge in [-0.15, -0.1) is 17.5 Å². The molecule has 0 radical (unpaired) electrons. The number of aromatic amines is 1. The fraction of sp³-hybridized carbons (Fsp3) is 0.167. The molecule has 0 saturated heterocycles. The van der Waals surface area contributed by atoms with Crippen molar-refractivity contribution in [3.63, 3.8) is 0 Å². The lowest BCUT2D eigenvalue weighted by atomic mass is 10.1. The molecular formula is C12H15Cl2N5O. The molecule has 2 aromatic rings. The van der Waals surface area contributed by atoms with Crippen LogP contribution in [0.3, 0.4) is 0 Å². The van der Waals surface area contributed by atoms with E-state index in [0.717, 1.165) is 22.2 Å². The van der Waals surface area contributed by atoms with Crippen LogP contribution in [0.5, 0.6) is 5.75 Å². The number of fused-ring (bicyclic) bond motifs is 1. The van der Waals surface area contributed by atoms with Crippen molar-refractivity contribution >= 4 is 47.1 Å². The highest BCUT2D eigenvalue weighted by Crippen LogP contribution is 2.30. The van der Waals surface area contributed by atoms with Gasteiger partial charge in [0, 0.05) is 16.5 Å². The number of nitrogens with one attached hydrogen (secondary N) is 1. The maximum atomic E-state index is 6.13. The molecule has 0 saturated carbocycles. The van der Waals surface area contributed by atoms with Gasteiger partial charge in [0.05, 0.1) is 13.3 Å². The van der Waals surface area contributed by atoms with E-state index in [1.807, 2.05) is 19.1 Å². The zero-order valence-electron chi connectivity index (χ0n) is 11.0. The van der Waals surface area contributed by atoms with Crippen LogP contribution in [0.15, 0.2) is 22.3 Å². The maximum absolute atomic E-state index is 6.13. The molecule has 20 heavy (non-hydrogen) atoms. The van der Waals surface area contributed by atoms with Crippen LogP contribution in [0.1, 0.15) is 11.1 Å². The van der Waals surface area contributed by atoms with E-state index in [-0.39, 0.29) is 18.4 Å². The third-order valence-electron chi connectivity index (χ3n) is 2.67. The minimum Gasteiger partial charge on any atom is -0.496 e. The predicted octanol–water partition coefficient (Wildman–Crippen LogP) is 2.17. The highest BCUT2D eigenvalue weighted by molar-refractivity contribution is 6.34. The molecule has 0 atom stereocenters. The Bertz CT molecular complexity index is 674. The molecule has 8 heteroatoms. The molecule has 0 unspecified atom stereocenters. The Morgan fingerprint density at radius 2 is 2.10 bits per heavy atom. The van der Waals surface area contributed by atoms with Crippen LogP contribution in [-0.2, 0) is 0 Å². The van der Waals surface area contributed by atoms with Crippen LogP contribution in [0.25, 0.3) is 10.9 Å². The molecule has 0 aliphatic carbocycles. The van der Waals surface area contributed by atoms with Crippen LogP contribution in [0.4, 0.5) is 0 Å². The second kappa shape index (κ2) is 6.49. The van der Waals surface area contributed by atoms with Crippen LogP contribution in [0.2, 0.25) is 5.15 Å². The largest absolute Gasteiger partial charge is 0.496 e. The van der Waals surface area contributed by atoms with Crippen molar-refractivity contribution < 1.29 is 4.74 Å². The smallest absolute Gasteiger partial charge is 0.211 e. The first-order chi connectivity index (χ1) is 9.02. The highest BCUT2D eigenvalue weighted by atomic mass is 35.5. The molecule has 1 aromatic heterocycles. The van der Waals surface area contributed by atoms with Gasteiger partial charge in [-0.25, -0.2) is 0 Å². The maximum Gasteiger partial charge on any atom is 0.211 e. The number of benzene rings is 1.